The summed E-state index contributed by atoms with van der Waals surface area (Å²) < 4.78 is 0. The van der Waals surface area contributed by atoms with E-state index >= 15 is 0 Å². The molecule has 1 N–H and O–H groups in total. The zero-order valence-electron chi connectivity index (χ0n) is 13.1. The van der Waals surface area contributed by atoms with E-state index in [-0.39, 0.29) is 5.41 Å². The highest BCUT2D eigenvalue weighted by atomic mass is 35.5. The van der Waals surface area contributed by atoms with Crippen molar-refractivity contribution in [3.8, 4) is 0 Å². The number of hydrogen-bond donors (Lipinski definition) is 1. The summed E-state index contributed by atoms with van der Waals surface area (Å²) in [5.41, 5.74) is 6.77. The van der Waals surface area contributed by atoms with E-state index in [2.05, 4.69) is 63.3 Å². The fourth-order valence-corrected chi connectivity index (χ4v) is 3.46. The Morgan fingerprint density at radius 3 is 2.52 bits per heavy atom. The molecule has 0 heterocycles. The van der Waals surface area contributed by atoms with Crippen LogP contribution >= 0.6 is 11.6 Å². The molecule has 1 aliphatic rings. The SMILES string of the molecule is Cc1ccc(NC2c3cc(Cl)ccc3CC2(C)C)cc1C. The summed E-state index contributed by atoms with van der Waals surface area (Å²) in [4.78, 5) is 0. The lowest BCUT2D eigenvalue weighted by Crippen LogP contribution is -2.24. The van der Waals surface area contributed by atoms with E-state index in [0.29, 0.717) is 6.04 Å². The van der Waals surface area contributed by atoms with E-state index in [9.17, 15) is 0 Å². The van der Waals surface area contributed by atoms with Crippen molar-refractivity contribution >= 4 is 17.3 Å². The third-order valence-corrected chi connectivity index (χ3v) is 4.90. The van der Waals surface area contributed by atoms with Gasteiger partial charge >= 0.3 is 0 Å². The predicted molar refractivity (Wildman–Crippen MR) is 91.2 cm³/mol. The third-order valence-electron chi connectivity index (χ3n) is 4.66. The van der Waals surface area contributed by atoms with Crippen LogP contribution in [0.2, 0.25) is 5.02 Å². The van der Waals surface area contributed by atoms with Gasteiger partial charge in [0.25, 0.3) is 0 Å². The molecule has 0 radical (unpaired) electrons. The summed E-state index contributed by atoms with van der Waals surface area (Å²) in [6, 6.07) is 13.2. The molecule has 0 bridgehead atoms. The van der Waals surface area contributed by atoms with Gasteiger partial charge in [-0.05, 0) is 72.2 Å². The molecule has 1 unspecified atom stereocenters. The first-order valence-electron chi connectivity index (χ1n) is 7.49. The van der Waals surface area contributed by atoms with Gasteiger partial charge in [0.2, 0.25) is 0 Å². The van der Waals surface area contributed by atoms with Crippen molar-refractivity contribution in [1.82, 2.24) is 0 Å². The van der Waals surface area contributed by atoms with E-state index in [4.69, 9.17) is 11.6 Å². The van der Waals surface area contributed by atoms with Crippen molar-refractivity contribution < 1.29 is 0 Å². The molecule has 2 aromatic rings. The summed E-state index contributed by atoms with van der Waals surface area (Å²) in [5, 5.41) is 4.54. The molecule has 110 valence electrons. The average molecular weight is 300 g/mol. The Labute approximate surface area is 132 Å². The molecule has 21 heavy (non-hydrogen) atoms. The van der Waals surface area contributed by atoms with Gasteiger partial charge < -0.3 is 5.32 Å². The van der Waals surface area contributed by atoms with Crippen LogP contribution < -0.4 is 5.32 Å². The smallest absolute Gasteiger partial charge is 0.0571 e. The van der Waals surface area contributed by atoms with Crippen molar-refractivity contribution in [2.75, 3.05) is 5.32 Å². The van der Waals surface area contributed by atoms with Crippen molar-refractivity contribution in [2.24, 2.45) is 5.41 Å². The molecule has 0 aromatic heterocycles. The Kier molecular flexibility index (Phi) is 3.49. The highest BCUT2D eigenvalue weighted by Crippen LogP contribution is 2.47. The second-order valence-electron chi connectivity index (χ2n) is 6.88. The molecule has 3 rings (SSSR count). The first-order chi connectivity index (χ1) is 9.87. The highest BCUT2D eigenvalue weighted by Gasteiger charge is 2.38. The lowest BCUT2D eigenvalue weighted by atomic mass is 9.85. The minimum atomic E-state index is 0.186. The van der Waals surface area contributed by atoms with Crippen LogP contribution in [0, 0.1) is 19.3 Å². The van der Waals surface area contributed by atoms with Crippen LogP contribution in [-0.4, -0.2) is 0 Å². The van der Waals surface area contributed by atoms with Crippen LogP contribution in [0.1, 0.15) is 42.1 Å². The zero-order valence-corrected chi connectivity index (χ0v) is 13.9. The molecule has 0 saturated carbocycles. The summed E-state index contributed by atoms with van der Waals surface area (Å²) in [7, 11) is 0. The minimum absolute atomic E-state index is 0.186. The third kappa shape index (κ3) is 2.67. The molecule has 2 aromatic carbocycles. The second kappa shape index (κ2) is 5.06. The molecular formula is C19H22ClN. The zero-order chi connectivity index (χ0) is 15.2. The number of nitrogens with one attached hydrogen (secondary N) is 1. The topological polar surface area (TPSA) is 12.0 Å². The number of aryl methyl sites for hydroxylation is 2. The maximum atomic E-state index is 6.20. The lowest BCUT2D eigenvalue weighted by Gasteiger charge is -2.29. The maximum absolute atomic E-state index is 6.20. The predicted octanol–water partition coefficient (Wildman–Crippen LogP) is 5.69. The molecule has 0 aliphatic heterocycles. The molecule has 1 aliphatic carbocycles. The van der Waals surface area contributed by atoms with E-state index < -0.39 is 0 Å². The number of fused-ring (bicyclic) bond motifs is 1. The van der Waals surface area contributed by atoms with Crippen molar-refractivity contribution in [3.63, 3.8) is 0 Å². The van der Waals surface area contributed by atoms with E-state index in [1.807, 2.05) is 6.07 Å². The Bertz CT molecular complexity index is 688. The van der Waals surface area contributed by atoms with Gasteiger partial charge in [-0.15, -0.1) is 0 Å². The van der Waals surface area contributed by atoms with Crippen molar-refractivity contribution in [3.05, 3.63) is 63.7 Å². The van der Waals surface area contributed by atoms with Gasteiger partial charge in [-0.2, -0.15) is 0 Å². The van der Waals surface area contributed by atoms with E-state index in [1.165, 1.54) is 27.9 Å². The van der Waals surface area contributed by atoms with Gasteiger partial charge in [0.1, 0.15) is 0 Å². The number of benzene rings is 2. The molecule has 0 saturated heterocycles. The van der Waals surface area contributed by atoms with Crippen LogP contribution in [0.4, 0.5) is 5.69 Å². The number of halogens is 1. The van der Waals surface area contributed by atoms with Gasteiger partial charge in [0.05, 0.1) is 6.04 Å². The van der Waals surface area contributed by atoms with Gasteiger partial charge in [0, 0.05) is 10.7 Å². The van der Waals surface area contributed by atoms with E-state index in [0.717, 1.165) is 11.4 Å². The quantitative estimate of drug-likeness (QED) is 0.751. The molecule has 0 spiro atoms. The highest BCUT2D eigenvalue weighted by molar-refractivity contribution is 6.30. The lowest BCUT2D eigenvalue weighted by molar-refractivity contribution is 0.337. The van der Waals surface area contributed by atoms with Crippen molar-refractivity contribution in [1.29, 1.82) is 0 Å². The van der Waals surface area contributed by atoms with Crippen LogP contribution in [0.15, 0.2) is 36.4 Å². The number of anilines is 1. The molecular weight excluding hydrogens is 278 g/mol. The van der Waals surface area contributed by atoms with E-state index in [1.54, 1.807) is 0 Å². The summed E-state index contributed by atoms with van der Waals surface area (Å²) in [6.07, 6.45) is 1.09. The minimum Gasteiger partial charge on any atom is -0.378 e. The van der Waals surface area contributed by atoms with Crippen molar-refractivity contribution in [2.45, 2.75) is 40.2 Å². The van der Waals surface area contributed by atoms with Gasteiger partial charge in [0.15, 0.2) is 0 Å². The fourth-order valence-electron chi connectivity index (χ4n) is 3.28. The molecule has 1 nitrogen and oxygen atoms in total. The standard InChI is InChI=1S/C19H22ClN/c1-12-5-8-16(9-13(12)2)21-18-17-10-15(20)7-6-14(17)11-19(18,3)4/h5-10,18,21H,11H2,1-4H3. The van der Waals surface area contributed by atoms with Crippen LogP contribution in [0.3, 0.4) is 0 Å². The molecule has 0 fully saturated rings. The van der Waals surface area contributed by atoms with Crippen LogP contribution in [0.25, 0.3) is 0 Å². The average Bonchev–Trinajstić information content (AvgIpc) is 2.65. The fraction of sp³-hybridized carbons (Fsp3) is 0.368. The van der Waals surface area contributed by atoms with Gasteiger partial charge in [-0.25, -0.2) is 0 Å². The molecule has 1 atom stereocenters. The summed E-state index contributed by atoms with van der Waals surface area (Å²) in [5.74, 6) is 0. The Morgan fingerprint density at radius 2 is 1.81 bits per heavy atom. The molecule has 0 amide bonds. The Balaban J connectivity index is 1.97. The summed E-state index contributed by atoms with van der Waals surface area (Å²) in [6.45, 7) is 8.94. The van der Waals surface area contributed by atoms with Gasteiger partial charge in [-0.1, -0.05) is 37.6 Å². The maximum Gasteiger partial charge on any atom is 0.0571 e. The summed E-state index contributed by atoms with van der Waals surface area (Å²) >= 11 is 6.20. The Morgan fingerprint density at radius 1 is 1.05 bits per heavy atom. The normalized spacial score (nSPS) is 19.4. The number of hydrogen-bond acceptors (Lipinski definition) is 1. The first-order valence-corrected chi connectivity index (χ1v) is 7.87. The second-order valence-corrected chi connectivity index (χ2v) is 7.32. The monoisotopic (exact) mass is 299 g/mol. The first kappa shape index (κ1) is 14.5. The number of rotatable bonds is 2. The molecule has 2 heteroatoms. The van der Waals surface area contributed by atoms with Crippen LogP contribution in [0.5, 0.6) is 0 Å². The largest absolute Gasteiger partial charge is 0.378 e. The van der Waals surface area contributed by atoms with Crippen LogP contribution in [-0.2, 0) is 6.42 Å². The van der Waals surface area contributed by atoms with Gasteiger partial charge in [-0.3, -0.25) is 0 Å². The Hall–Kier alpha value is -1.47.